The molecule has 0 spiro atoms. The van der Waals surface area contributed by atoms with Crippen molar-refractivity contribution in [2.24, 2.45) is 0 Å². The molecule has 0 fully saturated rings. The third-order valence-corrected chi connectivity index (χ3v) is 3.73. The summed E-state index contributed by atoms with van der Waals surface area (Å²) in [6.45, 7) is 0. The molecule has 0 unspecified atom stereocenters. The number of allylic oxidation sites excluding steroid dienone is 1. The largest absolute Gasteiger partial charge is 0.497 e. The lowest BCUT2D eigenvalue weighted by molar-refractivity contribution is 0.413. The molecule has 0 aliphatic carbocycles. The van der Waals surface area contributed by atoms with Gasteiger partial charge < -0.3 is 10.1 Å². The van der Waals surface area contributed by atoms with Gasteiger partial charge in [-0.05, 0) is 17.3 Å². The minimum absolute atomic E-state index is 0.0980. The van der Waals surface area contributed by atoms with Crippen molar-refractivity contribution in [3.05, 3.63) is 30.2 Å². The van der Waals surface area contributed by atoms with Crippen molar-refractivity contribution in [1.29, 1.82) is 5.26 Å². The molecule has 0 saturated heterocycles. The second kappa shape index (κ2) is 6.23. The number of ether oxygens (including phenoxy) is 1. The van der Waals surface area contributed by atoms with Gasteiger partial charge >= 0.3 is 0 Å². The summed E-state index contributed by atoms with van der Waals surface area (Å²) >= 11 is 0. The molecule has 1 aromatic heterocycles. The molecule has 0 bridgehead atoms. The molecular formula is C12H12N6O3S. The Hall–Kier alpha value is -2.93. The van der Waals surface area contributed by atoms with Gasteiger partial charge in [-0.15, -0.1) is 10.2 Å². The van der Waals surface area contributed by atoms with Crippen LogP contribution in [0.2, 0.25) is 0 Å². The zero-order valence-electron chi connectivity index (χ0n) is 11.7. The van der Waals surface area contributed by atoms with Gasteiger partial charge in [0.05, 0.1) is 12.0 Å². The molecule has 2 N–H and O–H groups in total. The smallest absolute Gasteiger partial charge is 0.216 e. The number of aromatic amines is 1. The number of hydrogen-bond acceptors (Lipinski definition) is 8. The van der Waals surface area contributed by atoms with Crippen molar-refractivity contribution in [3.63, 3.8) is 0 Å². The average molecular weight is 320 g/mol. The highest BCUT2D eigenvalue weighted by atomic mass is 32.2. The lowest BCUT2D eigenvalue weighted by atomic mass is 10.2. The lowest BCUT2D eigenvalue weighted by Gasteiger charge is -2.08. The number of hydrogen-bond donors (Lipinski definition) is 2. The molecule has 1 heterocycles. The van der Waals surface area contributed by atoms with E-state index >= 15 is 0 Å². The van der Waals surface area contributed by atoms with Crippen molar-refractivity contribution in [2.75, 3.05) is 18.7 Å². The number of H-pyrrole nitrogens is 1. The maximum atomic E-state index is 11.7. The van der Waals surface area contributed by atoms with E-state index in [9.17, 15) is 8.42 Å². The number of methoxy groups -OCH3 is 1. The first-order valence-electron chi connectivity index (χ1n) is 5.94. The summed E-state index contributed by atoms with van der Waals surface area (Å²) in [6, 6.07) is 6.35. The molecule has 2 aromatic rings. The number of nitrogens with one attached hydrogen (secondary N) is 2. The molecule has 0 saturated carbocycles. The quantitative estimate of drug-likeness (QED) is 0.764. The van der Waals surface area contributed by atoms with E-state index in [2.05, 4.69) is 25.9 Å². The van der Waals surface area contributed by atoms with Crippen molar-refractivity contribution < 1.29 is 13.2 Å². The fraction of sp³-hybridized carbons (Fsp3) is 0.167. The van der Waals surface area contributed by atoms with Crippen LogP contribution in [0.15, 0.2) is 29.3 Å². The van der Waals surface area contributed by atoms with Crippen LogP contribution in [0, 0.1) is 11.3 Å². The summed E-state index contributed by atoms with van der Waals surface area (Å²) in [6.07, 6.45) is 2.45. The van der Waals surface area contributed by atoms with Crippen molar-refractivity contribution in [1.82, 2.24) is 20.6 Å². The average Bonchev–Trinajstić information content (AvgIpc) is 3.01. The van der Waals surface area contributed by atoms with Gasteiger partial charge in [0.2, 0.25) is 5.82 Å². The Morgan fingerprint density at radius 2 is 2.23 bits per heavy atom. The molecule has 22 heavy (non-hydrogen) atoms. The highest BCUT2D eigenvalue weighted by Gasteiger charge is 2.11. The SMILES string of the molecule is COc1cc(NC=C(C#N)c2nn[nH]n2)cc(S(C)(=O)=O)c1. The molecule has 0 radical (unpaired) electrons. The van der Waals surface area contributed by atoms with Gasteiger partial charge in [0.1, 0.15) is 17.4 Å². The Bertz CT molecular complexity index is 836. The number of nitriles is 1. The molecule has 0 aliphatic rings. The van der Waals surface area contributed by atoms with E-state index in [4.69, 9.17) is 10.00 Å². The first-order valence-corrected chi connectivity index (χ1v) is 7.83. The van der Waals surface area contributed by atoms with E-state index in [1.165, 1.54) is 25.4 Å². The molecule has 10 heteroatoms. The van der Waals surface area contributed by atoms with E-state index in [0.29, 0.717) is 11.4 Å². The molecule has 0 atom stereocenters. The highest BCUT2D eigenvalue weighted by Crippen LogP contribution is 2.24. The van der Waals surface area contributed by atoms with Crippen molar-refractivity contribution in [2.45, 2.75) is 4.90 Å². The number of sulfone groups is 1. The summed E-state index contributed by atoms with van der Waals surface area (Å²) < 4.78 is 28.4. The molecule has 9 nitrogen and oxygen atoms in total. The van der Waals surface area contributed by atoms with E-state index < -0.39 is 9.84 Å². The summed E-state index contributed by atoms with van der Waals surface area (Å²) in [4.78, 5) is 0.0980. The molecule has 1 aromatic carbocycles. The van der Waals surface area contributed by atoms with Gasteiger partial charge in [-0.2, -0.15) is 10.5 Å². The van der Waals surface area contributed by atoms with Crippen LogP contribution in [-0.2, 0) is 9.84 Å². The van der Waals surface area contributed by atoms with Gasteiger partial charge in [-0.25, -0.2) is 8.42 Å². The van der Waals surface area contributed by atoms with E-state index in [0.717, 1.165) is 6.26 Å². The fourth-order valence-corrected chi connectivity index (χ4v) is 2.24. The van der Waals surface area contributed by atoms with Crippen LogP contribution in [0.25, 0.3) is 5.57 Å². The predicted molar refractivity (Wildman–Crippen MR) is 77.5 cm³/mol. The molecule has 0 aliphatic heterocycles. The molecular weight excluding hydrogens is 308 g/mol. The van der Waals surface area contributed by atoms with Crippen LogP contribution < -0.4 is 10.1 Å². The Morgan fingerprint density at radius 1 is 1.45 bits per heavy atom. The van der Waals surface area contributed by atoms with Crippen LogP contribution >= 0.6 is 0 Å². The predicted octanol–water partition coefficient (Wildman–Crippen LogP) is 0.588. The second-order valence-corrected chi connectivity index (χ2v) is 6.23. The maximum absolute atomic E-state index is 11.7. The zero-order valence-corrected chi connectivity index (χ0v) is 12.5. The molecule has 114 valence electrons. The third kappa shape index (κ3) is 3.58. The van der Waals surface area contributed by atoms with E-state index in [-0.39, 0.29) is 16.3 Å². The minimum atomic E-state index is -3.39. The second-order valence-electron chi connectivity index (χ2n) is 4.22. The number of anilines is 1. The van der Waals surface area contributed by atoms with Crippen LogP contribution in [0.1, 0.15) is 5.82 Å². The molecule has 2 rings (SSSR count). The maximum Gasteiger partial charge on any atom is 0.216 e. The van der Waals surface area contributed by atoms with Crippen LogP contribution in [0.5, 0.6) is 5.75 Å². The monoisotopic (exact) mass is 320 g/mol. The van der Waals surface area contributed by atoms with Crippen LogP contribution in [0.3, 0.4) is 0 Å². The number of tetrazole rings is 1. The number of nitrogens with zero attached hydrogens (tertiary/aromatic N) is 4. The highest BCUT2D eigenvalue weighted by molar-refractivity contribution is 7.90. The van der Waals surface area contributed by atoms with Gasteiger partial charge in [0.25, 0.3) is 0 Å². The number of benzene rings is 1. The van der Waals surface area contributed by atoms with Crippen molar-refractivity contribution >= 4 is 21.1 Å². The lowest BCUT2D eigenvalue weighted by Crippen LogP contribution is -2.00. The normalized spacial score (nSPS) is 11.8. The number of rotatable bonds is 5. The Kier molecular flexibility index (Phi) is 4.38. The summed E-state index contributed by atoms with van der Waals surface area (Å²) in [5.41, 5.74) is 0.577. The van der Waals surface area contributed by atoms with Gasteiger partial charge in [0.15, 0.2) is 9.84 Å². The summed E-state index contributed by atoms with van der Waals surface area (Å²) in [5, 5.41) is 24.9. The van der Waals surface area contributed by atoms with Crippen LogP contribution in [0.4, 0.5) is 5.69 Å². The third-order valence-electron chi connectivity index (χ3n) is 2.63. The number of aromatic nitrogens is 4. The van der Waals surface area contributed by atoms with Gasteiger partial charge in [-0.3, -0.25) is 0 Å². The fourth-order valence-electron chi connectivity index (χ4n) is 1.57. The summed E-state index contributed by atoms with van der Waals surface area (Å²) in [7, 11) is -1.96. The van der Waals surface area contributed by atoms with Crippen LogP contribution in [-0.4, -0.2) is 42.4 Å². The van der Waals surface area contributed by atoms with Gasteiger partial charge in [0, 0.05) is 24.2 Å². The first kappa shape index (κ1) is 15.5. The Morgan fingerprint density at radius 3 is 2.77 bits per heavy atom. The van der Waals surface area contributed by atoms with Gasteiger partial charge in [-0.1, -0.05) is 0 Å². The van der Waals surface area contributed by atoms with Crippen molar-refractivity contribution in [3.8, 4) is 11.8 Å². The van der Waals surface area contributed by atoms with E-state index in [1.54, 1.807) is 6.07 Å². The topological polar surface area (TPSA) is 134 Å². The molecule has 0 amide bonds. The Labute approximate surface area is 126 Å². The minimum Gasteiger partial charge on any atom is -0.497 e. The Balaban J connectivity index is 2.35. The first-order chi connectivity index (χ1) is 10.4. The zero-order chi connectivity index (χ0) is 16.2. The summed E-state index contributed by atoms with van der Waals surface area (Å²) in [5.74, 6) is 0.498. The standard InChI is InChI=1S/C12H12N6O3S/c1-21-10-3-9(4-11(5-10)22(2,19)20)14-7-8(6-13)12-15-17-18-16-12/h3-5,7,14H,1-2H3,(H,15,16,17,18). The van der Waals surface area contributed by atoms with E-state index in [1.807, 2.05) is 6.07 Å².